The van der Waals surface area contributed by atoms with Crippen molar-refractivity contribution in [1.82, 2.24) is 14.9 Å². The third kappa shape index (κ3) is 2.58. The van der Waals surface area contributed by atoms with Gasteiger partial charge < -0.3 is 11.1 Å². The Balaban J connectivity index is 1.81. The highest BCUT2D eigenvalue weighted by molar-refractivity contribution is 6.00. The van der Waals surface area contributed by atoms with E-state index in [0.717, 1.165) is 11.1 Å². The van der Waals surface area contributed by atoms with Gasteiger partial charge in [0.05, 0.1) is 23.3 Å². The Labute approximate surface area is 122 Å². The molecule has 2 heterocycles. The van der Waals surface area contributed by atoms with Crippen molar-refractivity contribution in [3.05, 3.63) is 66.0 Å². The molecule has 3 aromatic rings. The second kappa shape index (κ2) is 5.28. The van der Waals surface area contributed by atoms with E-state index in [-0.39, 0.29) is 11.9 Å². The van der Waals surface area contributed by atoms with E-state index in [1.165, 1.54) is 0 Å². The molecule has 2 aromatic heterocycles. The minimum Gasteiger partial charge on any atom is -0.399 e. The third-order valence-electron chi connectivity index (χ3n) is 3.46. The van der Waals surface area contributed by atoms with Crippen LogP contribution in [0.25, 0.3) is 5.52 Å². The summed E-state index contributed by atoms with van der Waals surface area (Å²) in [5, 5.41) is 7.15. The summed E-state index contributed by atoms with van der Waals surface area (Å²) in [6, 6.07) is 13.0. The smallest absolute Gasteiger partial charge is 0.255 e. The number of hydrogen-bond acceptors (Lipinski definition) is 3. The first-order valence-corrected chi connectivity index (χ1v) is 6.74. The average Bonchev–Trinajstić information content (AvgIpc) is 2.92. The Bertz CT molecular complexity index is 776. The van der Waals surface area contributed by atoms with Gasteiger partial charge in [-0.25, -0.2) is 4.52 Å². The molecule has 0 spiro atoms. The number of nitrogens with zero attached hydrogens (tertiary/aromatic N) is 2. The van der Waals surface area contributed by atoms with Gasteiger partial charge in [-0.1, -0.05) is 18.2 Å². The van der Waals surface area contributed by atoms with Crippen LogP contribution in [-0.2, 0) is 0 Å². The van der Waals surface area contributed by atoms with E-state index in [0.29, 0.717) is 11.3 Å². The minimum atomic E-state index is -0.138. The molecule has 3 N–H and O–H groups in total. The number of anilines is 1. The SMILES string of the molecule is CC(NC(=O)c1cnn2ccccc12)c1ccc(N)cc1. The second-order valence-electron chi connectivity index (χ2n) is 4.95. The fourth-order valence-electron chi connectivity index (χ4n) is 2.25. The lowest BCUT2D eigenvalue weighted by atomic mass is 10.1. The molecule has 1 aromatic carbocycles. The maximum absolute atomic E-state index is 12.4. The molecule has 0 fully saturated rings. The van der Waals surface area contributed by atoms with Crippen LogP contribution < -0.4 is 11.1 Å². The van der Waals surface area contributed by atoms with Crippen LogP contribution in [0.2, 0.25) is 0 Å². The zero-order chi connectivity index (χ0) is 14.8. The monoisotopic (exact) mass is 280 g/mol. The highest BCUT2D eigenvalue weighted by Gasteiger charge is 2.15. The van der Waals surface area contributed by atoms with Crippen LogP contribution in [0.15, 0.2) is 54.9 Å². The topological polar surface area (TPSA) is 72.4 Å². The molecule has 1 amide bonds. The van der Waals surface area contributed by atoms with Gasteiger partial charge in [0, 0.05) is 11.9 Å². The van der Waals surface area contributed by atoms with Gasteiger partial charge in [0.15, 0.2) is 0 Å². The van der Waals surface area contributed by atoms with Gasteiger partial charge in [0.2, 0.25) is 0 Å². The number of nitrogen functional groups attached to an aromatic ring is 1. The fraction of sp³-hybridized carbons (Fsp3) is 0.125. The number of pyridine rings is 1. The van der Waals surface area contributed by atoms with Crippen molar-refractivity contribution < 1.29 is 4.79 Å². The molecule has 0 bridgehead atoms. The Morgan fingerprint density at radius 3 is 2.76 bits per heavy atom. The Morgan fingerprint density at radius 1 is 1.24 bits per heavy atom. The quantitative estimate of drug-likeness (QED) is 0.724. The van der Waals surface area contributed by atoms with Gasteiger partial charge in [0.25, 0.3) is 5.91 Å². The van der Waals surface area contributed by atoms with E-state index in [9.17, 15) is 4.79 Å². The summed E-state index contributed by atoms with van der Waals surface area (Å²) >= 11 is 0. The first-order chi connectivity index (χ1) is 10.1. The number of carbonyl (C=O) groups excluding carboxylic acids is 1. The summed E-state index contributed by atoms with van der Waals surface area (Å²) in [7, 11) is 0. The number of nitrogens with one attached hydrogen (secondary N) is 1. The van der Waals surface area contributed by atoms with Crippen molar-refractivity contribution in [3.8, 4) is 0 Å². The van der Waals surface area contributed by atoms with Gasteiger partial charge in [-0.15, -0.1) is 0 Å². The predicted octanol–water partition coefficient (Wildman–Crippen LogP) is 2.41. The first-order valence-electron chi connectivity index (χ1n) is 6.74. The number of rotatable bonds is 3. The molecule has 3 rings (SSSR count). The van der Waals surface area contributed by atoms with E-state index in [1.807, 2.05) is 55.6 Å². The van der Waals surface area contributed by atoms with Gasteiger partial charge in [-0.2, -0.15) is 5.10 Å². The zero-order valence-corrected chi connectivity index (χ0v) is 11.7. The molecule has 0 aliphatic rings. The number of benzene rings is 1. The van der Waals surface area contributed by atoms with Crippen molar-refractivity contribution in [1.29, 1.82) is 0 Å². The number of fused-ring (bicyclic) bond motifs is 1. The molecule has 1 atom stereocenters. The van der Waals surface area contributed by atoms with Crippen LogP contribution in [-0.4, -0.2) is 15.5 Å². The predicted molar refractivity (Wildman–Crippen MR) is 81.9 cm³/mol. The molecule has 0 aliphatic carbocycles. The largest absolute Gasteiger partial charge is 0.399 e. The van der Waals surface area contributed by atoms with Gasteiger partial charge in [-0.3, -0.25) is 4.79 Å². The lowest BCUT2D eigenvalue weighted by Crippen LogP contribution is -2.26. The van der Waals surface area contributed by atoms with Crippen LogP contribution in [0.1, 0.15) is 28.9 Å². The molecule has 1 unspecified atom stereocenters. The standard InChI is InChI=1S/C16H16N4O/c1-11(12-5-7-13(17)8-6-12)19-16(21)14-10-18-20-9-3-2-4-15(14)20/h2-11H,17H2,1H3,(H,19,21). The molecular weight excluding hydrogens is 264 g/mol. The van der Waals surface area contributed by atoms with Crippen molar-refractivity contribution in [2.24, 2.45) is 0 Å². The maximum Gasteiger partial charge on any atom is 0.255 e. The van der Waals surface area contributed by atoms with Crippen molar-refractivity contribution in [2.75, 3.05) is 5.73 Å². The van der Waals surface area contributed by atoms with Crippen molar-refractivity contribution in [2.45, 2.75) is 13.0 Å². The van der Waals surface area contributed by atoms with Crippen LogP contribution in [0, 0.1) is 0 Å². The molecule has 0 saturated heterocycles. The highest BCUT2D eigenvalue weighted by Crippen LogP contribution is 2.16. The Hall–Kier alpha value is -2.82. The van der Waals surface area contributed by atoms with Gasteiger partial charge >= 0.3 is 0 Å². The molecule has 0 saturated carbocycles. The van der Waals surface area contributed by atoms with Gasteiger partial charge in [-0.05, 0) is 36.8 Å². The average molecular weight is 280 g/mol. The van der Waals surface area contributed by atoms with Crippen LogP contribution >= 0.6 is 0 Å². The number of aromatic nitrogens is 2. The second-order valence-corrected chi connectivity index (χ2v) is 4.95. The molecule has 21 heavy (non-hydrogen) atoms. The summed E-state index contributed by atoms with van der Waals surface area (Å²) < 4.78 is 1.68. The van der Waals surface area contributed by atoms with Crippen LogP contribution in [0.3, 0.4) is 0 Å². The lowest BCUT2D eigenvalue weighted by molar-refractivity contribution is 0.0941. The van der Waals surface area contributed by atoms with Crippen LogP contribution in [0.5, 0.6) is 0 Å². The minimum absolute atomic E-state index is 0.100. The summed E-state index contributed by atoms with van der Waals surface area (Å²) in [6.07, 6.45) is 3.40. The molecular formula is C16H16N4O. The number of nitrogens with two attached hydrogens (primary N) is 1. The highest BCUT2D eigenvalue weighted by atomic mass is 16.1. The number of carbonyl (C=O) groups is 1. The van der Waals surface area contributed by atoms with E-state index < -0.39 is 0 Å². The van der Waals surface area contributed by atoms with Crippen molar-refractivity contribution in [3.63, 3.8) is 0 Å². The number of amides is 1. The first kappa shape index (κ1) is 13.2. The molecule has 5 nitrogen and oxygen atoms in total. The van der Waals surface area contributed by atoms with E-state index in [2.05, 4.69) is 10.4 Å². The zero-order valence-electron chi connectivity index (χ0n) is 11.7. The van der Waals surface area contributed by atoms with E-state index >= 15 is 0 Å². The maximum atomic E-state index is 12.4. The Morgan fingerprint density at radius 2 is 2.00 bits per heavy atom. The third-order valence-corrected chi connectivity index (χ3v) is 3.46. The summed E-state index contributed by atoms with van der Waals surface area (Å²) in [4.78, 5) is 12.4. The van der Waals surface area contributed by atoms with Gasteiger partial charge in [0.1, 0.15) is 0 Å². The normalized spacial score (nSPS) is 12.2. The summed E-state index contributed by atoms with van der Waals surface area (Å²) in [5.74, 6) is -0.138. The fourth-order valence-corrected chi connectivity index (χ4v) is 2.25. The molecule has 0 aliphatic heterocycles. The molecule has 5 heteroatoms. The molecule has 106 valence electrons. The molecule has 0 radical (unpaired) electrons. The Kier molecular flexibility index (Phi) is 3.31. The summed E-state index contributed by atoms with van der Waals surface area (Å²) in [5.41, 5.74) is 8.74. The number of hydrogen-bond donors (Lipinski definition) is 2. The lowest BCUT2D eigenvalue weighted by Gasteiger charge is -2.14. The van der Waals surface area contributed by atoms with E-state index in [1.54, 1.807) is 10.7 Å². The van der Waals surface area contributed by atoms with E-state index in [4.69, 9.17) is 5.73 Å². The summed E-state index contributed by atoms with van der Waals surface area (Å²) in [6.45, 7) is 1.94. The van der Waals surface area contributed by atoms with Crippen LogP contribution in [0.4, 0.5) is 5.69 Å². The van der Waals surface area contributed by atoms with Crippen molar-refractivity contribution >= 4 is 17.1 Å².